The van der Waals surface area contributed by atoms with Gasteiger partial charge in [0.15, 0.2) is 0 Å². The summed E-state index contributed by atoms with van der Waals surface area (Å²) >= 11 is 0. The lowest BCUT2D eigenvalue weighted by Crippen LogP contribution is -2.48. The smallest absolute Gasteiger partial charge is 0.253 e. The molecule has 2 saturated heterocycles. The number of carbonyl (C=O) groups is 3. The first-order valence-electron chi connectivity index (χ1n) is 43.9. The minimum absolute atomic E-state index is 0.0269. The zero-order valence-corrected chi connectivity index (χ0v) is 76.7. The third-order valence-electron chi connectivity index (χ3n) is 23.3. The van der Waals surface area contributed by atoms with Crippen LogP contribution < -0.4 is 63.3 Å². The van der Waals surface area contributed by atoms with Crippen LogP contribution in [0.4, 0.5) is 22.0 Å². The molecule has 7 heterocycles. The molecule has 0 aromatic heterocycles. The monoisotopic (exact) mass is 1800 g/mol. The lowest BCUT2D eigenvalue weighted by Gasteiger charge is -2.34. The van der Waals surface area contributed by atoms with Crippen molar-refractivity contribution in [2.75, 3.05) is 209 Å². The molecule has 0 aliphatic carbocycles. The molecule has 17 rings (SSSR count). The average Bonchev–Trinajstić information content (AvgIpc) is 0.792. The average molecular weight is 1810 g/mol. The topological polar surface area (TPSA) is 199 Å². The Morgan fingerprint density at radius 2 is 0.636 bits per heavy atom. The zero-order valence-electron chi connectivity index (χ0n) is 76.7. The van der Waals surface area contributed by atoms with Crippen LogP contribution in [0.1, 0.15) is 62.6 Å². The van der Waals surface area contributed by atoms with Gasteiger partial charge < -0.3 is 87.8 Å². The second-order valence-corrected chi connectivity index (χ2v) is 32.9. The van der Waals surface area contributed by atoms with E-state index in [2.05, 4.69) is 63.7 Å². The first kappa shape index (κ1) is 96.3. The molecule has 0 spiro atoms. The standard InChI is InChI=1S/C22H23FN2O3.C22H25FN2O2.C21H23FN2O3.C21H25FN2O2.C19H18FNO3/c1-24-9-11-25(12-10-24)22(26)19-14-28-20-8-7-17(27-2)13-18(20)21(19)15-3-5-16(23)6-4-15;1-24-9-11-25(12-10-24)14-17-15-27-21-8-7-19(26-2)13-20(21)22(17)16-3-5-18(23)6-4-16;1-24(2)11-10-23-21(25)18-13-27-19-9-8-16(26-3)12-17(19)20(18)14-4-6-15(22)7-5-14;1-24(2)11-10-23-13-16-14-26-20-9-8-18(25-3)12-19(20)21(16)15-4-6-17(22)7-5-15;1-3-21-19(22)16-11-24-17-9-8-14(23-2)10-15(17)18(16)12-4-6-13(20)7-5-12/h3-8,13H,9-12,14H2,1-2H3;3-8,13H,9-12,14-15H2,1-2H3;4-9,12H,10-11,13H2,1-3H3,(H,23,25);4-9,12,23H,10-11,13-14H2,1-3H3;4-10H,3,11H2,1-2H3,(H,21,22). The van der Waals surface area contributed by atoms with Crippen molar-refractivity contribution in [1.29, 1.82) is 0 Å². The second-order valence-electron chi connectivity index (χ2n) is 32.9. The summed E-state index contributed by atoms with van der Waals surface area (Å²) in [7, 11) is 20.3. The first-order valence-corrected chi connectivity index (χ1v) is 43.9. The van der Waals surface area contributed by atoms with Gasteiger partial charge in [0.25, 0.3) is 17.7 Å². The van der Waals surface area contributed by atoms with E-state index in [1.165, 1.54) is 66.2 Å². The quantitative estimate of drug-likeness (QED) is 0.0381. The van der Waals surface area contributed by atoms with E-state index in [0.29, 0.717) is 90.6 Å². The number of hydrogen-bond donors (Lipinski definition) is 3. The zero-order chi connectivity index (χ0) is 93.5. The Morgan fingerprint density at radius 1 is 0.348 bits per heavy atom. The van der Waals surface area contributed by atoms with Crippen molar-refractivity contribution in [2.24, 2.45) is 0 Å². The van der Waals surface area contributed by atoms with Gasteiger partial charge in [-0.15, -0.1) is 0 Å². The largest absolute Gasteiger partial charge is 0.497 e. The van der Waals surface area contributed by atoms with Gasteiger partial charge in [-0.05, 0) is 251 Å². The van der Waals surface area contributed by atoms with Crippen LogP contribution in [0.2, 0.25) is 0 Å². The molecule has 0 saturated carbocycles. The predicted molar refractivity (Wildman–Crippen MR) is 504 cm³/mol. The minimum Gasteiger partial charge on any atom is -0.497 e. The molecule has 22 nitrogen and oxygen atoms in total. The van der Waals surface area contributed by atoms with Gasteiger partial charge in [-0.25, -0.2) is 22.0 Å². The SMILES string of the molecule is CCNC(=O)C1=C(c2ccc(F)cc2)c2cc(OC)ccc2OC1.COc1ccc2c(c1)C(c1ccc(F)cc1)=C(C(=O)N1CCN(C)CC1)CO2.COc1ccc2c(c1)C(c1ccc(F)cc1)=C(C(=O)NCCN(C)C)CO2.COc1ccc2c(c1)C(c1ccc(F)cc1)=C(CN1CCN(C)CC1)CO2.COc1ccc2c(c1)C(c1ccc(F)cc1)=C(CNCCN(C)C)CO2. The Hall–Kier alpha value is -13.3. The van der Waals surface area contributed by atoms with E-state index in [0.717, 1.165) is 184 Å². The van der Waals surface area contributed by atoms with Gasteiger partial charge in [-0.2, -0.15) is 0 Å². The molecule has 7 aliphatic rings. The molecule has 10 aromatic carbocycles. The number of benzene rings is 10. The van der Waals surface area contributed by atoms with Gasteiger partial charge in [0.05, 0.1) is 52.3 Å². The summed E-state index contributed by atoms with van der Waals surface area (Å²) in [5.74, 6) is 5.42. The van der Waals surface area contributed by atoms with Crippen molar-refractivity contribution in [2.45, 2.75) is 6.92 Å². The van der Waals surface area contributed by atoms with Crippen molar-refractivity contribution in [3.8, 4) is 57.5 Å². The molecule has 0 bridgehead atoms. The fourth-order valence-electron chi connectivity index (χ4n) is 16.2. The van der Waals surface area contributed by atoms with Crippen LogP contribution in [0.15, 0.2) is 240 Å². The molecule has 2 fully saturated rings. The molecule has 27 heteroatoms. The third kappa shape index (κ3) is 24.5. The molecule has 132 heavy (non-hydrogen) atoms. The molecular formula is C105H114F5N9O13. The first-order chi connectivity index (χ1) is 63.9. The van der Waals surface area contributed by atoms with E-state index in [1.807, 2.05) is 140 Å². The maximum Gasteiger partial charge on any atom is 0.253 e. The Labute approximate surface area is 769 Å². The Bertz CT molecular complexity index is 5850. The van der Waals surface area contributed by atoms with E-state index in [1.54, 1.807) is 78.0 Å². The van der Waals surface area contributed by atoms with Crippen LogP contribution in [-0.2, 0) is 14.4 Å². The predicted octanol–water partition coefficient (Wildman–Crippen LogP) is 15.1. The number of piperazine rings is 2. The summed E-state index contributed by atoms with van der Waals surface area (Å²) in [6, 6.07) is 59.9. The van der Waals surface area contributed by atoms with Crippen LogP contribution in [-0.4, -0.2) is 256 Å². The van der Waals surface area contributed by atoms with Gasteiger partial charge >= 0.3 is 0 Å². The van der Waals surface area contributed by atoms with Gasteiger partial charge in [0.2, 0.25) is 0 Å². The molecule has 692 valence electrons. The Kier molecular flexibility index (Phi) is 33.6. The van der Waals surface area contributed by atoms with E-state index in [4.69, 9.17) is 47.4 Å². The lowest BCUT2D eigenvalue weighted by atomic mass is 9.90. The highest BCUT2D eigenvalue weighted by atomic mass is 19.1. The van der Waals surface area contributed by atoms with Crippen LogP contribution >= 0.6 is 0 Å². The minimum atomic E-state index is -0.325. The maximum absolute atomic E-state index is 13.5. The van der Waals surface area contributed by atoms with Crippen LogP contribution in [0.5, 0.6) is 57.5 Å². The number of likely N-dealkylation sites (N-methyl/N-ethyl adjacent to an activating group) is 5. The number of rotatable bonds is 24. The van der Waals surface area contributed by atoms with Crippen molar-refractivity contribution in [3.05, 3.63) is 325 Å². The van der Waals surface area contributed by atoms with E-state index >= 15 is 0 Å². The van der Waals surface area contributed by atoms with E-state index in [9.17, 15) is 36.3 Å². The van der Waals surface area contributed by atoms with Crippen LogP contribution in [0, 0.1) is 29.1 Å². The number of amides is 3. The van der Waals surface area contributed by atoms with Gasteiger partial charge in [0.1, 0.15) is 120 Å². The number of nitrogens with zero attached hydrogens (tertiary/aromatic N) is 6. The number of ether oxygens (including phenoxy) is 10. The molecule has 10 aromatic rings. The van der Waals surface area contributed by atoms with Gasteiger partial charge in [-0.3, -0.25) is 19.3 Å². The summed E-state index contributed by atoms with van der Waals surface area (Å²) in [5, 5.41) is 9.21. The summed E-state index contributed by atoms with van der Waals surface area (Å²) in [6.07, 6.45) is 0. The Morgan fingerprint density at radius 3 is 0.977 bits per heavy atom. The molecule has 3 N–H and O–H groups in total. The fraction of sp³-hybridized carbons (Fsp3) is 0.305. The van der Waals surface area contributed by atoms with Crippen molar-refractivity contribution >= 4 is 45.6 Å². The summed E-state index contributed by atoms with van der Waals surface area (Å²) < 4.78 is 123. The molecule has 0 radical (unpaired) electrons. The van der Waals surface area contributed by atoms with Gasteiger partial charge in [-0.1, -0.05) is 60.7 Å². The molecule has 7 aliphatic heterocycles. The van der Waals surface area contributed by atoms with Crippen LogP contribution in [0.25, 0.3) is 27.9 Å². The number of nitrogens with one attached hydrogen (secondary N) is 3. The lowest BCUT2D eigenvalue weighted by molar-refractivity contribution is -0.129. The van der Waals surface area contributed by atoms with Crippen molar-refractivity contribution in [1.82, 2.24) is 45.3 Å². The molecule has 3 amide bonds. The summed E-state index contributed by atoms with van der Waals surface area (Å²) in [6.45, 7) is 15.9. The normalized spacial score (nSPS) is 15.1. The summed E-state index contributed by atoms with van der Waals surface area (Å²) in [4.78, 5) is 51.6. The summed E-state index contributed by atoms with van der Waals surface area (Å²) in [5.41, 5.74) is 17.1. The van der Waals surface area contributed by atoms with Crippen molar-refractivity contribution < 1.29 is 83.7 Å². The van der Waals surface area contributed by atoms with E-state index < -0.39 is 0 Å². The highest BCUT2D eigenvalue weighted by Crippen LogP contribution is 2.46. The number of hydrogen-bond acceptors (Lipinski definition) is 19. The number of methoxy groups -OCH3 is 5. The highest BCUT2D eigenvalue weighted by Gasteiger charge is 2.34. The van der Waals surface area contributed by atoms with Crippen LogP contribution in [0.3, 0.4) is 0 Å². The van der Waals surface area contributed by atoms with Crippen molar-refractivity contribution in [3.63, 3.8) is 0 Å². The molecular weight excluding hydrogens is 1690 g/mol. The molecule has 0 atom stereocenters. The van der Waals surface area contributed by atoms with E-state index in [-0.39, 0.29) is 66.6 Å². The number of halogens is 5. The highest BCUT2D eigenvalue weighted by molar-refractivity contribution is 6.08. The molecule has 0 unspecified atom stereocenters. The maximum atomic E-state index is 13.5. The second kappa shape index (κ2) is 46.0. The van der Waals surface area contributed by atoms with Gasteiger partial charge in [0, 0.05) is 143 Å². The Balaban J connectivity index is 0.000000140. The third-order valence-corrected chi connectivity index (χ3v) is 23.3. The fourth-order valence-corrected chi connectivity index (χ4v) is 16.2. The number of fused-ring (bicyclic) bond motifs is 5. The number of carbonyl (C=O) groups excluding carboxylic acids is 3.